The Hall–Kier alpha value is -3.79. The molecule has 2 heterocycles. The van der Waals surface area contributed by atoms with Crippen molar-refractivity contribution in [1.29, 1.82) is 0 Å². The van der Waals surface area contributed by atoms with E-state index in [1.54, 1.807) is 54.3 Å². The van der Waals surface area contributed by atoms with E-state index < -0.39 is 17.9 Å². The number of carbonyl (C=O) groups is 3. The highest BCUT2D eigenvalue weighted by atomic mass is 32.1. The lowest BCUT2D eigenvalue weighted by atomic mass is 10.1. The Morgan fingerprint density at radius 1 is 1.15 bits per heavy atom. The topological polar surface area (TPSA) is 103 Å². The predicted octanol–water partition coefficient (Wildman–Crippen LogP) is 3.59. The molecule has 1 aromatic heterocycles. The molecule has 1 aliphatic rings. The van der Waals surface area contributed by atoms with Crippen LogP contribution in [0.1, 0.15) is 32.5 Å². The van der Waals surface area contributed by atoms with Gasteiger partial charge in [0.25, 0.3) is 5.91 Å². The molecular weight excluding hydrogens is 447 g/mol. The summed E-state index contributed by atoms with van der Waals surface area (Å²) in [7, 11) is 0. The molecule has 0 bridgehead atoms. The Morgan fingerprint density at radius 3 is 2.52 bits per heavy atom. The molecular formula is C23H21FN4O4S. The molecule has 0 saturated carbocycles. The van der Waals surface area contributed by atoms with Gasteiger partial charge in [-0.15, -0.1) is 0 Å². The van der Waals surface area contributed by atoms with Crippen molar-refractivity contribution in [2.75, 3.05) is 18.0 Å². The van der Waals surface area contributed by atoms with Gasteiger partial charge in [0, 0.05) is 19.6 Å². The third kappa shape index (κ3) is 4.85. The molecule has 0 spiro atoms. The largest absolute Gasteiger partial charge is 0.479 e. The number of aryl methyl sites for hydroxylation is 1. The molecule has 2 aromatic carbocycles. The Balaban J connectivity index is 1.47. The van der Waals surface area contributed by atoms with Gasteiger partial charge in [-0.05, 0) is 30.2 Å². The maximum atomic E-state index is 13.1. The lowest BCUT2D eigenvalue weighted by Gasteiger charge is -2.17. The van der Waals surface area contributed by atoms with Crippen molar-refractivity contribution < 1.29 is 23.9 Å². The van der Waals surface area contributed by atoms with Gasteiger partial charge in [-0.1, -0.05) is 53.8 Å². The number of hydrogen-bond donors (Lipinski definition) is 2. The number of rotatable bonds is 7. The monoisotopic (exact) mass is 468 g/mol. The van der Waals surface area contributed by atoms with Crippen LogP contribution in [0.2, 0.25) is 0 Å². The minimum atomic E-state index is -1.21. The van der Waals surface area contributed by atoms with Gasteiger partial charge >= 0.3 is 12.0 Å². The Labute approximate surface area is 193 Å². The average molecular weight is 469 g/mol. The molecule has 0 aliphatic carbocycles. The first-order chi connectivity index (χ1) is 15.8. The number of nitrogens with one attached hydrogen (secondary N) is 1. The third-order valence-corrected chi connectivity index (χ3v) is 6.44. The van der Waals surface area contributed by atoms with Crippen molar-refractivity contribution in [2.45, 2.75) is 19.5 Å². The number of nitrogens with zero attached hydrogens (tertiary/aromatic N) is 3. The van der Waals surface area contributed by atoms with Gasteiger partial charge in [0.2, 0.25) is 0 Å². The molecule has 33 heavy (non-hydrogen) atoms. The fourth-order valence-electron chi connectivity index (χ4n) is 3.56. The first kappa shape index (κ1) is 22.4. The van der Waals surface area contributed by atoms with Crippen LogP contribution in [-0.2, 0) is 11.3 Å². The molecule has 1 aliphatic heterocycles. The highest BCUT2D eigenvalue weighted by Crippen LogP contribution is 2.30. The smallest absolute Gasteiger partial charge is 0.330 e. The van der Waals surface area contributed by atoms with Gasteiger partial charge in [0.15, 0.2) is 11.2 Å². The number of carbonyl (C=O) groups excluding carboxylic acids is 2. The van der Waals surface area contributed by atoms with Gasteiger partial charge in [0.1, 0.15) is 10.7 Å². The lowest BCUT2D eigenvalue weighted by molar-refractivity contribution is -0.139. The van der Waals surface area contributed by atoms with Crippen LogP contribution in [0.25, 0.3) is 0 Å². The van der Waals surface area contributed by atoms with E-state index in [2.05, 4.69) is 10.3 Å². The molecule has 3 amide bonds. The zero-order chi connectivity index (χ0) is 23.5. The van der Waals surface area contributed by atoms with Crippen molar-refractivity contribution in [2.24, 2.45) is 0 Å². The second-order valence-electron chi connectivity index (χ2n) is 7.55. The minimum absolute atomic E-state index is 0.247. The summed E-state index contributed by atoms with van der Waals surface area (Å²) in [5.74, 6) is -2.08. The van der Waals surface area contributed by atoms with E-state index in [0.717, 1.165) is 16.9 Å². The predicted molar refractivity (Wildman–Crippen MR) is 121 cm³/mol. The average Bonchev–Trinajstić information content (AvgIpc) is 3.36. The summed E-state index contributed by atoms with van der Waals surface area (Å²) in [4.78, 5) is 45.2. The molecule has 2 N–H and O–H groups in total. The fraction of sp³-hybridized carbons (Fsp3) is 0.217. The first-order valence-electron chi connectivity index (χ1n) is 10.2. The van der Waals surface area contributed by atoms with Crippen molar-refractivity contribution in [3.8, 4) is 0 Å². The zero-order valence-corrected chi connectivity index (χ0v) is 18.5. The summed E-state index contributed by atoms with van der Waals surface area (Å²) in [6.45, 7) is 2.84. The number of anilines is 1. The quantitative estimate of drug-likeness (QED) is 0.552. The molecule has 170 valence electrons. The Morgan fingerprint density at radius 2 is 1.85 bits per heavy atom. The maximum absolute atomic E-state index is 13.1. The summed E-state index contributed by atoms with van der Waals surface area (Å²) in [6.07, 6.45) is 0. The number of hydrogen-bond acceptors (Lipinski definition) is 5. The number of carboxylic acids is 1. The number of carboxylic acid groups (broad SMARTS) is 1. The molecule has 1 fully saturated rings. The van der Waals surface area contributed by atoms with E-state index in [1.165, 1.54) is 17.0 Å². The van der Waals surface area contributed by atoms with Gasteiger partial charge in [-0.25, -0.2) is 19.0 Å². The van der Waals surface area contributed by atoms with Crippen LogP contribution in [0.5, 0.6) is 0 Å². The van der Waals surface area contributed by atoms with E-state index >= 15 is 0 Å². The number of thiazole rings is 1. The second kappa shape index (κ2) is 9.37. The zero-order valence-electron chi connectivity index (χ0n) is 17.7. The third-order valence-electron chi connectivity index (χ3n) is 5.26. The van der Waals surface area contributed by atoms with Crippen LogP contribution in [0.3, 0.4) is 0 Å². The van der Waals surface area contributed by atoms with E-state index in [4.69, 9.17) is 0 Å². The number of benzene rings is 2. The van der Waals surface area contributed by atoms with E-state index in [0.29, 0.717) is 36.0 Å². The number of aliphatic carboxylic acids is 1. The number of aromatic nitrogens is 1. The lowest BCUT2D eigenvalue weighted by Crippen LogP contribution is -2.33. The van der Waals surface area contributed by atoms with Crippen LogP contribution in [0.4, 0.5) is 14.3 Å². The normalized spacial score (nSPS) is 14.4. The molecule has 4 rings (SSSR count). The number of amides is 3. The molecule has 10 heteroatoms. The minimum Gasteiger partial charge on any atom is -0.479 e. The second-order valence-corrected chi connectivity index (χ2v) is 8.53. The highest BCUT2D eigenvalue weighted by Gasteiger charge is 2.33. The molecule has 1 atom stereocenters. The van der Waals surface area contributed by atoms with Crippen LogP contribution in [-0.4, -0.2) is 46.0 Å². The van der Waals surface area contributed by atoms with Crippen molar-refractivity contribution in [3.63, 3.8) is 0 Å². The van der Waals surface area contributed by atoms with Crippen molar-refractivity contribution >= 4 is 34.4 Å². The van der Waals surface area contributed by atoms with Gasteiger partial charge in [-0.2, -0.15) is 0 Å². The number of urea groups is 1. The van der Waals surface area contributed by atoms with Gasteiger partial charge < -0.3 is 15.3 Å². The van der Waals surface area contributed by atoms with E-state index in [-0.39, 0.29) is 16.7 Å². The molecule has 1 saturated heterocycles. The van der Waals surface area contributed by atoms with Crippen molar-refractivity contribution in [3.05, 3.63) is 82.1 Å². The molecule has 0 unspecified atom stereocenters. The molecule has 8 nitrogen and oxygen atoms in total. The highest BCUT2D eigenvalue weighted by molar-refractivity contribution is 7.17. The first-order valence-corrected chi connectivity index (χ1v) is 11.0. The van der Waals surface area contributed by atoms with Gasteiger partial charge in [0.05, 0.1) is 5.69 Å². The summed E-state index contributed by atoms with van der Waals surface area (Å²) in [5, 5.41) is 12.5. The summed E-state index contributed by atoms with van der Waals surface area (Å²) >= 11 is 1.04. The standard InChI is InChI=1S/C23H21FN4O4S/c1-14-19(20(29)26-18(21(30)31)16-5-3-2-4-6-16)33-22(25-14)28-12-11-27(23(28)32)13-15-7-9-17(24)10-8-15/h2-10,18H,11-13H2,1H3,(H,26,29)(H,30,31)/t18-/m0/s1. The Kier molecular flexibility index (Phi) is 6.36. The van der Waals surface area contributed by atoms with Gasteiger partial charge in [-0.3, -0.25) is 9.69 Å². The van der Waals surface area contributed by atoms with Crippen molar-refractivity contribution in [1.82, 2.24) is 15.2 Å². The summed E-state index contributed by atoms with van der Waals surface area (Å²) < 4.78 is 13.1. The SMILES string of the molecule is Cc1nc(N2CCN(Cc3ccc(F)cc3)C2=O)sc1C(=O)N[C@H](C(=O)O)c1ccccc1. The van der Waals surface area contributed by atoms with Crippen LogP contribution in [0.15, 0.2) is 54.6 Å². The maximum Gasteiger partial charge on any atom is 0.330 e. The van der Waals surface area contributed by atoms with E-state index in [1.807, 2.05) is 0 Å². The Bertz CT molecular complexity index is 1180. The molecule has 3 aromatic rings. The van der Waals surface area contributed by atoms with Crippen LogP contribution in [0, 0.1) is 12.7 Å². The number of halogens is 1. The molecule has 0 radical (unpaired) electrons. The van der Waals surface area contributed by atoms with Crippen LogP contribution >= 0.6 is 11.3 Å². The van der Waals surface area contributed by atoms with Crippen LogP contribution < -0.4 is 10.2 Å². The fourth-order valence-corrected chi connectivity index (χ4v) is 4.54. The summed E-state index contributed by atoms with van der Waals surface area (Å²) in [5.41, 5.74) is 1.67. The summed E-state index contributed by atoms with van der Waals surface area (Å²) in [6, 6.07) is 12.9. The van der Waals surface area contributed by atoms with E-state index in [9.17, 15) is 23.9 Å².